The molecule has 182 valence electrons. The number of carbonyl (C=O) groups is 1. The van der Waals surface area contributed by atoms with Crippen LogP contribution in [0.5, 0.6) is 0 Å². The number of hydrogen-bond acceptors (Lipinski definition) is 3. The van der Waals surface area contributed by atoms with E-state index in [1.807, 2.05) is 31.3 Å². The molecule has 2 aliphatic rings. The van der Waals surface area contributed by atoms with Gasteiger partial charge in [-0.3, -0.25) is 4.79 Å². The molecule has 1 N–H and O–H groups in total. The van der Waals surface area contributed by atoms with Crippen molar-refractivity contribution in [2.75, 3.05) is 18.0 Å². The third kappa shape index (κ3) is 5.37. The average Bonchev–Trinajstić information content (AvgIpc) is 3.20. The van der Waals surface area contributed by atoms with Gasteiger partial charge < -0.3 is 14.8 Å². The number of aromatic nitrogens is 1. The van der Waals surface area contributed by atoms with E-state index in [0.717, 1.165) is 25.1 Å². The number of aryl methyl sites for hydroxylation is 1. The largest absolute Gasteiger partial charge is 0.371 e. The number of para-hydroxylation sites is 1. The predicted molar refractivity (Wildman–Crippen MR) is 141 cm³/mol. The molecular formula is C30H36N4O. The minimum Gasteiger partial charge on any atom is -0.371 e. The molecule has 0 spiro atoms. The molecule has 1 aliphatic carbocycles. The molecule has 2 fully saturated rings. The van der Waals surface area contributed by atoms with Crippen molar-refractivity contribution in [2.45, 2.75) is 57.4 Å². The molecule has 2 heterocycles. The predicted octanol–water partition coefficient (Wildman–Crippen LogP) is 5.57. The zero-order valence-corrected chi connectivity index (χ0v) is 20.7. The molecule has 1 saturated carbocycles. The van der Waals surface area contributed by atoms with E-state index in [2.05, 4.69) is 51.3 Å². The molecule has 0 bridgehead atoms. The first-order valence-electron chi connectivity index (χ1n) is 13.2. The molecule has 3 atom stereocenters. The zero-order valence-electron chi connectivity index (χ0n) is 20.7. The molecule has 0 unspecified atom stereocenters. The van der Waals surface area contributed by atoms with Crippen LogP contribution in [0.1, 0.15) is 56.1 Å². The molecular weight excluding hydrogens is 432 g/mol. The van der Waals surface area contributed by atoms with Crippen LogP contribution in [0.2, 0.25) is 0 Å². The highest BCUT2D eigenvalue weighted by Crippen LogP contribution is 2.34. The topological polar surface area (TPSA) is 61.1 Å². The fourth-order valence-electron chi connectivity index (χ4n) is 6.34. The first kappa shape index (κ1) is 23.5. The molecule has 35 heavy (non-hydrogen) atoms. The Kier molecular flexibility index (Phi) is 7.08. The van der Waals surface area contributed by atoms with Gasteiger partial charge in [0, 0.05) is 49.0 Å². The Hall–Kier alpha value is -3.26. The molecule has 2 aromatic carbocycles. The first-order chi connectivity index (χ1) is 17.1. The van der Waals surface area contributed by atoms with Gasteiger partial charge in [-0.15, -0.1) is 0 Å². The van der Waals surface area contributed by atoms with Gasteiger partial charge in [-0.2, -0.15) is 5.26 Å². The molecule has 1 aromatic heterocycles. The van der Waals surface area contributed by atoms with Crippen molar-refractivity contribution in [3.8, 4) is 6.07 Å². The Balaban J connectivity index is 1.20. The third-order valence-electron chi connectivity index (χ3n) is 8.10. The molecule has 1 amide bonds. The Morgan fingerprint density at radius 2 is 1.86 bits per heavy atom. The lowest BCUT2D eigenvalue weighted by Gasteiger charge is -2.39. The molecule has 5 heteroatoms. The number of carbonyl (C=O) groups excluding carboxylic acids is 1. The summed E-state index contributed by atoms with van der Waals surface area (Å²) in [6, 6.07) is 18.8. The van der Waals surface area contributed by atoms with E-state index < -0.39 is 0 Å². The number of benzene rings is 2. The zero-order chi connectivity index (χ0) is 24.2. The first-order valence-corrected chi connectivity index (χ1v) is 13.2. The molecule has 3 aromatic rings. The van der Waals surface area contributed by atoms with Crippen LogP contribution in [-0.4, -0.2) is 29.6 Å². The Labute approximate surface area is 208 Å². The van der Waals surface area contributed by atoms with Crippen LogP contribution in [0, 0.1) is 23.2 Å². The standard InChI is InChI=1S/C30H36N4O/c1-33-21-25(27-9-3-5-11-29(27)33)18-30(35)32-28-10-4-2-8-24(28)17-23-7-6-16-34(20-23)26-14-12-22(19-31)13-15-26/h3,5,9,11-15,21,23-24,28H,2,4,6-8,10,16-18,20H2,1H3,(H,32,35)/t23-,24+,28-/m1/s1. The highest BCUT2D eigenvalue weighted by molar-refractivity contribution is 5.89. The Morgan fingerprint density at radius 1 is 1.06 bits per heavy atom. The van der Waals surface area contributed by atoms with Gasteiger partial charge in [-0.1, -0.05) is 31.0 Å². The number of hydrogen-bond donors (Lipinski definition) is 1. The van der Waals surface area contributed by atoms with E-state index in [0.29, 0.717) is 23.8 Å². The van der Waals surface area contributed by atoms with Gasteiger partial charge in [0.25, 0.3) is 0 Å². The molecule has 5 nitrogen and oxygen atoms in total. The second-order valence-electron chi connectivity index (χ2n) is 10.5. The smallest absolute Gasteiger partial charge is 0.224 e. The number of amides is 1. The molecule has 1 aliphatic heterocycles. The summed E-state index contributed by atoms with van der Waals surface area (Å²) in [5, 5.41) is 13.7. The fraction of sp³-hybridized carbons (Fsp3) is 0.467. The van der Waals surface area contributed by atoms with Crippen LogP contribution >= 0.6 is 0 Å². The fourth-order valence-corrected chi connectivity index (χ4v) is 6.34. The van der Waals surface area contributed by atoms with E-state index in [4.69, 9.17) is 5.26 Å². The summed E-state index contributed by atoms with van der Waals surface area (Å²) in [5.74, 6) is 1.37. The van der Waals surface area contributed by atoms with Gasteiger partial charge in [0.15, 0.2) is 0 Å². The maximum atomic E-state index is 13.1. The summed E-state index contributed by atoms with van der Waals surface area (Å²) < 4.78 is 2.12. The lowest BCUT2D eigenvalue weighted by Crippen LogP contribution is -2.44. The van der Waals surface area contributed by atoms with E-state index >= 15 is 0 Å². The number of piperidine rings is 1. The van der Waals surface area contributed by atoms with Crippen molar-refractivity contribution in [1.29, 1.82) is 5.26 Å². The van der Waals surface area contributed by atoms with E-state index in [1.165, 1.54) is 55.1 Å². The average molecular weight is 469 g/mol. The number of fused-ring (bicyclic) bond motifs is 1. The van der Waals surface area contributed by atoms with Crippen LogP contribution in [0.3, 0.4) is 0 Å². The maximum Gasteiger partial charge on any atom is 0.224 e. The van der Waals surface area contributed by atoms with E-state index in [1.54, 1.807) is 0 Å². The van der Waals surface area contributed by atoms with Crippen molar-refractivity contribution in [2.24, 2.45) is 18.9 Å². The van der Waals surface area contributed by atoms with Crippen LogP contribution in [0.25, 0.3) is 10.9 Å². The number of anilines is 1. The lowest BCUT2D eigenvalue weighted by atomic mass is 9.77. The number of rotatable bonds is 6. The normalized spacial score (nSPS) is 22.6. The van der Waals surface area contributed by atoms with Crippen LogP contribution in [-0.2, 0) is 18.3 Å². The summed E-state index contributed by atoms with van der Waals surface area (Å²) in [7, 11) is 2.05. The second-order valence-corrected chi connectivity index (χ2v) is 10.5. The highest BCUT2D eigenvalue weighted by atomic mass is 16.1. The molecule has 1 saturated heterocycles. The summed E-state index contributed by atoms with van der Waals surface area (Å²) in [6.07, 6.45) is 11.0. The Bertz CT molecular complexity index is 1210. The SMILES string of the molecule is Cn1cc(CC(=O)N[C@@H]2CCCC[C@H]2C[C@H]2CCCN(c3ccc(C#N)cc3)C2)c2ccccc21. The molecule has 5 rings (SSSR count). The van der Waals surface area contributed by atoms with Crippen molar-refractivity contribution >= 4 is 22.5 Å². The summed E-state index contributed by atoms with van der Waals surface area (Å²) in [5.41, 5.74) is 4.22. The molecule has 0 radical (unpaired) electrons. The van der Waals surface area contributed by atoms with Gasteiger partial charge in [0.1, 0.15) is 0 Å². The van der Waals surface area contributed by atoms with Crippen molar-refractivity contribution < 1.29 is 4.79 Å². The van der Waals surface area contributed by atoms with Crippen molar-refractivity contribution in [3.63, 3.8) is 0 Å². The summed E-state index contributed by atoms with van der Waals surface area (Å²) in [4.78, 5) is 15.6. The second kappa shape index (κ2) is 10.6. The number of nitriles is 1. The van der Waals surface area contributed by atoms with Crippen LogP contribution in [0.4, 0.5) is 5.69 Å². The van der Waals surface area contributed by atoms with E-state index in [9.17, 15) is 4.79 Å². The Morgan fingerprint density at radius 3 is 2.69 bits per heavy atom. The third-order valence-corrected chi connectivity index (χ3v) is 8.10. The summed E-state index contributed by atoms with van der Waals surface area (Å²) >= 11 is 0. The number of nitrogens with zero attached hydrogens (tertiary/aromatic N) is 3. The van der Waals surface area contributed by atoms with Gasteiger partial charge in [-0.25, -0.2) is 0 Å². The monoisotopic (exact) mass is 468 g/mol. The van der Waals surface area contributed by atoms with Gasteiger partial charge in [0.05, 0.1) is 18.1 Å². The minimum absolute atomic E-state index is 0.154. The maximum absolute atomic E-state index is 13.1. The highest BCUT2D eigenvalue weighted by Gasteiger charge is 2.31. The quantitative estimate of drug-likeness (QED) is 0.514. The van der Waals surface area contributed by atoms with Crippen molar-refractivity contribution in [3.05, 3.63) is 65.9 Å². The van der Waals surface area contributed by atoms with Gasteiger partial charge >= 0.3 is 0 Å². The number of nitrogens with one attached hydrogen (secondary N) is 1. The van der Waals surface area contributed by atoms with Gasteiger partial charge in [-0.05, 0) is 79.8 Å². The summed E-state index contributed by atoms with van der Waals surface area (Å²) in [6.45, 7) is 2.15. The lowest BCUT2D eigenvalue weighted by molar-refractivity contribution is -0.121. The van der Waals surface area contributed by atoms with Crippen molar-refractivity contribution in [1.82, 2.24) is 9.88 Å². The van der Waals surface area contributed by atoms with Gasteiger partial charge in [0.2, 0.25) is 5.91 Å². The van der Waals surface area contributed by atoms with Crippen LogP contribution < -0.4 is 10.2 Å². The minimum atomic E-state index is 0.154. The van der Waals surface area contributed by atoms with E-state index in [-0.39, 0.29) is 11.9 Å². The van der Waals surface area contributed by atoms with Crippen LogP contribution in [0.15, 0.2) is 54.7 Å².